The Morgan fingerprint density at radius 1 is 1.30 bits per heavy atom. The number of halogens is 1. The van der Waals surface area contributed by atoms with Crippen molar-refractivity contribution in [2.24, 2.45) is 16.0 Å². The Morgan fingerprint density at radius 3 is 2.50 bits per heavy atom. The average molecular weight is 288 g/mol. The lowest BCUT2D eigenvalue weighted by Gasteiger charge is -2.25. The van der Waals surface area contributed by atoms with Crippen molar-refractivity contribution in [1.82, 2.24) is 5.01 Å². The second-order valence-electron chi connectivity index (χ2n) is 4.94. The van der Waals surface area contributed by atoms with Gasteiger partial charge in [0.1, 0.15) is 5.16 Å². The van der Waals surface area contributed by atoms with Crippen LogP contribution in [0.25, 0.3) is 0 Å². The highest BCUT2D eigenvalue weighted by atomic mass is 35.5. The van der Waals surface area contributed by atoms with E-state index in [0.717, 1.165) is 22.7 Å². The third kappa shape index (κ3) is 2.83. The van der Waals surface area contributed by atoms with Crippen molar-refractivity contribution >= 4 is 24.0 Å². The summed E-state index contributed by atoms with van der Waals surface area (Å²) in [4.78, 5) is 4.70. The first kappa shape index (κ1) is 14.5. The normalized spacial score (nSPS) is 17.8. The third-order valence-corrected chi connectivity index (χ3v) is 3.58. The summed E-state index contributed by atoms with van der Waals surface area (Å²) in [6.07, 6.45) is 1.81. The molecule has 0 fully saturated rings. The van der Waals surface area contributed by atoms with Gasteiger partial charge in [0.2, 0.25) is 0 Å². The molecule has 4 heteroatoms. The summed E-state index contributed by atoms with van der Waals surface area (Å²) in [6, 6.07) is 9.97. The summed E-state index contributed by atoms with van der Waals surface area (Å²) in [6.45, 7) is 9.85. The van der Waals surface area contributed by atoms with Gasteiger partial charge in [-0.25, -0.2) is 10.0 Å². The maximum Gasteiger partial charge on any atom is 0.154 e. The van der Waals surface area contributed by atoms with Gasteiger partial charge in [-0.2, -0.15) is 5.10 Å². The van der Waals surface area contributed by atoms with Crippen molar-refractivity contribution in [3.8, 4) is 0 Å². The van der Waals surface area contributed by atoms with Crippen molar-refractivity contribution in [3.63, 3.8) is 0 Å². The van der Waals surface area contributed by atoms with Crippen LogP contribution in [0.2, 0.25) is 0 Å². The highest BCUT2D eigenvalue weighted by Gasteiger charge is 2.21. The van der Waals surface area contributed by atoms with Crippen LogP contribution in [0.3, 0.4) is 0 Å². The van der Waals surface area contributed by atoms with E-state index in [1.54, 1.807) is 5.01 Å². The van der Waals surface area contributed by atoms with Gasteiger partial charge < -0.3 is 0 Å². The van der Waals surface area contributed by atoms with Gasteiger partial charge in [-0.15, -0.1) is 0 Å². The summed E-state index contributed by atoms with van der Waals surface area (Å²) in [5.74, 6) is 1.11. The molecule has 1 aromatic rings. The third-order valence-electron chi connectivity index (χ3n) is 3.31. The quantitative estimate of drug-likeness (QED) is 0.599. The monoisotopic (exact) mass is 287 g/mol. The molecule has 1 heterocycles. The Labute approximate surface area is 125 Å². The number of allylic oxidation sites excluding steroid dienone is 2. The van der Waals surface area contributed by atoms with Crippen LogP contribution >= 0.6 is 11.6 Å². The predicted molar refractivity (Wildman–Crippen MR) is 85.8 cm³/mol. The molecular weight excluding hydrogens is 270 g/mol. The molecule has 0 unspecified atom stereocenters. The Bertz CT molecular complexity index is 597. The molecule has 1 aliphatic rings. The molecule has 0 atom stereocenters. The van der Waals surface area contributed by atoms with Gasteiger partial charge in [-0.1, -0.05) is 55.8 Å². The summed E-state index contributed by atoms with van der Waals surface area (Å²) in [5.41, 5.74) is 2.99. The van der Waals surface area contributed by atoms with Crippen molar-refractivity contribution in [2.45, 2.75) is 20.8 Å². The van der Waals surface area contributed by atoms with E-state index in [4.69, 9.17) is 16.6 Å². The molecule has 20 heavy (non-hydrogen) atoms. The molecule has 1 aromatic carbocycles. The van der Waals surface area contributed by atoms with Gasteiger partial charge in [0.15, 0.2) is 5.82 Å². The molecule has 0 bridgehead atoms. The first-order valence-electron chi connectivity index (χ1n) is 6.53. The molecule has 0 radical (unpaired) electrons. The van der Waals surface area contributed by atoms with E-state index < -0.39 is 0 Å². The summed E-state index contributed by atoms with van der Waals surface area (Å²) in [7, 11) is 0. The van der Waals surface area contributed by atoms with Crippen LogP contribution in [0.1, 0.15) is 26.3 Å². The number of hydrazone groups is 1. The number of hydrogen-bond acceptors (Lipinski definition) is 3. The molecule has 1 aliphatic heterocycles. The SMILES string of the molecule is C=NN1C(Cl)=CC(c2ccccc2)=N/C1=C(/C)C(C)C. The summed E-state index contributed by atoms with van der Waals surface area (Å²) in [5, 5.41) is 6.04. The largest absolute Gasteiger partial charge is 0.229 e. The topological polar surface area (TPSA) is 28.0 Å². The van der Waals surface area contributed by atoms with E-state index in [-0.39, 0.29) is 0 Å². The lowest BCUT2D eigenvalue weighted by molar-refractivity contribution is 0.463. The highest BCUT2D eigenvalue weighted by molar-refractivity contribution is 6.32. The summed E-state index contributed by atoms with van der Waals surface area (Å²) < 4.78 is 0. The molecule has 0 aromatic heterocycles. The fourth-order valence-electron chi connectivity index (χ4n) is 1.87. The fourth-order valence-corrected chi connectivity index (χ4v) is 2.11. The molecule has 0 N–H and O–H groups in total. The van der Waals surface area contributed by atoms with Crippen LogP contribution in [0.4, 0.5) is 0 Å². The van der Waals surface area contributed by atoms with E-state index >= 15 is 0 Å². The van der Waals surface area contributed by atoms with Crippen molar-refractivity contribution < 1.29 is 0 Å². The number of nitrogens with zero attached hydrogens (tertiary/aromatic N) is 3. The highest BCUT2D eigenvalue weighted by Crippen LogP contribution is 2.29. The van der Waals surface area contributed by atoms with E-state index in [2.05, 4.69) is 25.7 Å². The predicted octanol–water partition coefficient (Wildman–Crippen LogP) is 4.37. The van der Waals surface area contributed by atoms with Crippen LogP contribution in [0.5, 0.6) is 0 Å². The van der Waals surface area contributed by atoms with E-state index in [0.29, 0.717) is 11.1 Å². The van der Waals surface area contributed by atoms with Crippen LogP contribution in [0, 0.1) is 5.92 Å². The Balaban J connectivity index is 2.56. The van der Waals surface area contributed by atoms with Crippen LogP contribution in [0.15, 0.2) is 63.1 Å². The van der Waals surface area contributed by atoms with Gasteiger partial charge in [0.25, 0.3) is 0 Å². The lowest BCUT2D eigenvalue weighted by Crippen LogP contribution is -2.21. The fraction of sp³-hybridized carbons (Fsp3) is 0.250. The standard InChI is InChI=1S/C16H18ClN3/c1-11(2)12(3)16-19-14(10-15(17)20(16)18-4)13-8-6-5-7-9-13/h5-11H,4H2,1-3H3/b16-12+. The maximum absolute atomic E-state index is 6.31. The Morgan fingerprint density at radius 2 is 1.95 bits per heavy atom. The number of hydrogen-bond donors (Lipinski definition) is 0. The van der Waals surface area contributed by atoms with E-state index in [9.17, 15) is 0 Å². The molecule has 104 valence electrons. The van der Waals surface area contributed by atoms with Crippen LogP contribution in [-0.2, 0) is 0 Å². The van der Waals surface area contributed by atoms with Crippen LogP contribution < -0.4 is 0 Å². The Kier molecular flexibility index (Phi) is 4.40. The first-order valence-corrected chi connectivity index (χ1v) is 6.91. The zero-order valence-corrected chi connectivity index (χ0v) is 12.7. The van der Waals surface area contributed by atoms with Crippen LogP contribution in [-0.4, -0.2) is 17.4 Å². The van der Waals surface area contributed by atoms with Crippen molar-refractivity contribution in [3.05, 3.63) is 58.5 Å². The zero-order chi connectivity index (χ0) is 14.7. The molecule has 0 saturated heterocycles. The maximum atomic E-state index is 6.31. The second kappa shape index (κ2) is 6.06. The van der Waals surface area contributed by atoms with Gasteiger partial charge in [0.05, 0.1) is 5.71 Å². The lowest BCUT2D eigenvalue weighted by atomic mass is 10.0. The minimum atomic E-state index is 0.359. The summed E-state index contributed by atoms with van der Waals surface area (Å²) >= 11 is 6.31. The zero-order valence-electron chi connectivity index (χ0n) is 12.0. The number of rotatable bonds is 3. The molecule has 2 rings (SSSR count). The number of aliphatic imine (C=N–C) groups is 1. The smallest absolute Gasteiger partial charge is 0.154 e. The van der Waals surface area contributed by atoms with E-state index in [1.165, 1.54) is 0 Å². The van der Waals surface area contributed by atoms with Crippen molar-refractivity contribution in [1.29, 1.82) is 0 Å². The Hall–Kier alpha value is -1.87. The molecule has 0 aliphatic carbocycles. The first-order chi connectivity index (χ1) is 9.54. The van der Waals surface area contributed by atoms with Gasteiger partial charge in [0, 0.05) is 18.4 Å². The minimum Gasteiger partial charge on any atom is -0.229 e. The molecule has 0 spiro atoms. The average Bonchev–Trinajstić information content (AvgIpc) is 2.46. The minimum absolute atomic E-state index is 0.359. The number of benzene rings is 1. The van der Waals surface area contributed by atoms with E-state index in [1.807, 2.05) is 43.3 Å². The second-order valence-corrected chi connectivity index (χ2v) is 5.33. The molecule has 0 saturated carbocycles. The molecular formula is C16H18ClN3. The van der Waals surface area contributed by atoms with Crippen molar-refractivity contribution in [2.75, 3.05) is 0 Å². The molecule has 3 nitrogen and oxygen atoms in total. The van der Waals surface area contributed by atoms with Gasteiger partial charge in [-0.3, -0.25) is 0 Å². The van der Waals surface area contributed by atoms with Gasteiger partial charge >= 0.3 is 0 Å². The van der Waals surface area contributed by atoms with Gasteiger partial charge in [-0.05, 0) is 18.4 Å². The molecule has 0 amide bonds.